The molecular weight excluding hydrogens is 416 g/mol. The Morgan fingerprint density at radius 1 is 1.18 bits per heavy atom. The number of halogens is 1. The molecule has 0 aliphatic carbocycles. The van der Waals surface area contributed by atoms with Crippen LogP contribution in [0, 0.1) is 10.1 Å². The fraction of sp³-hybridized carbons (Fsp3) is 0.188. The summed E-state index contributed by atoms with van der Waals surface area (Å²) >= 11 is 6.67. The van der Waals surface area contributed by atoms with Gasteiger partial charge in [0.15, 0.2) is 0 Å². The fourth-order valence-electron chi connectivity index (χ4n) is 2.20. The van der Waals surface area contributed by atoms with Crippen LogP contribution in [0.3, 0.4) is 0 Å². The number of nitrogen functional groups attached to an aromatic ring is 1. The van der Waals surface area contributed by atoms with Crippen molar-refractivity contribution in [1.29, 1.82) is 0 Å². The molecule has 10 nitrogen and oxygen atoms in total. The van der Waals surface area contributed by atoms with Gasteiger partial charge in [0, 0.05) is 17.7 Å². The van der Waals surface area contributed by atoms with Gasteiger partial charge in [0.2, 0.25) is 0 Å². The van der Waals surface area contributed by atoms with Crippen LogP contribution in [-0.4, -0.2) is 37.1 Å². The lowest BCUT2D eigenvalue weighted by Gasteiger charge is -2.09. The van der Waals surface area contributed by atoms with Crippen LogP contribution in [-0.2, 0) is 20.8 Å². The van der Waals surface area contributed by atoms with Crippen LogP contribution < -0.4 is 5.73 Å². The number of non-ortho nitro benzene ring substituents is 1. The Hall–Kier alpha value is -3.18. The zero-order chi connectivity index (χ0) is 21.0. The van der Waals surface area contributed by atoms with Gasteiger partial charge in [-0.1, -0.05) is 11.6 Å². The number of hydrogen-bond acceptors (Lipinski definition) is 10. The number of anilines is 1. The first kappa shape index (κ1) is 21.1. The van der Waals surface area contributed by atoms with Gasteiger partial charge in [-0.2, -0.15) is 0 Å². The number of ether oxygens (including phenoxy) is 3. The molecule has 28 heavy (non-hydrogen) atoms. The first-order chi connectivity index (χ1) is 13.2. The maximum Gasteiger partial charge on any atom is 0.348 e. The van der Waals surface area contributed by atoms with Crippen molar-refractivity contribution in [1.82, 2.24) is 0 Å². The molecule has 2 rings (SSSR count). The molecule has 0 radical (unpaired) electrons. The Kier molecular flexibility index (Phi) is 6.54. The van der Waals surface area contributed by atoms with Crippen molar-refractivity contribution in [3.8, 4) is 0 Å². The summed E-state index contributed by atoms with van der Waals surface area (Å²) in [6.07, 6.45) is 0. The minimum absolute atomic E-state index is 0.00361. The predicted molar refractivity (Wildman–Crippen MR) is 98.6 cm³/mol. The van der Waals surface area contributed by atoms with E-state index in [1.807, 2.05) is 0 Å². The van der Waals surface area contributed by atoms with Gasteiger partial charge >= 0.3 is 17.9 Å². The summed E-state index contributed by atoms with van der Waals surface area (Å²) in [4.78, 5) is 46.4. The lowest BCUT2D eigenvalue weighted by Crippen LogP contribution is -2.13. The van der Waals surface area contributed by atoms with Gasteiger partial charge in [-0.25, -0.2) is 14.4 Å². The molecular formula is C16H13ClN2O8S. The molecule has 1 heterocycles. The van der Waals surface area contributed by atoms with Crippen molar-refractivity contribution in [2.45, 2.75) is 6.61 Å². The minimum atomic E-state index is -0.995. The molecule has 148 valence electrons. The third kappa shape index (κ3) is 4.21. The lowest BCUT2D eigenvalue weighted by atomic mass is 10.1. The zero-order valence-electron chi connectivity index (χ0n) is 14.5. The summed E-state index contributed by atoms with van der Waals surface area (Å²) in [6.45, 7) is -0.541. The predicted octanol–water partition coefficient (Wildman–Crippen LogP) is 2.82. The molecule has 12 heteroatoms. The second kappa shape index (κ2) is 8.67. The number of carbonyl (C=O) groups excluding carboxylic acids is 3. The Balaban J connectivity index is 2.37. The molecule has 0 bridgehead atoms. The summed E-state index contributed by atoms with van der Waals surface area (Å²) in [5, 5.41) is 10.8. The first-order valence-electron chi connectivity index (χ1n) is 7.40. The third-order valence-corrected chi connectivity index (χ3v) is 4.89. The maximum absolute atomic E-state index is 12.3. The molecule has 0 saturated carbocycles. The number of thiophene rings is 1. The second-order valence-electron chi connectivity index (χ2n) is 5.13. The molecule has 0 aliphatic heterocycles. The molecule has 0 aliphatic rings. The SMILES string of the molecule is COC(=O)c1sc(N)c(C(=O)OC)c1COC(=O)c1cc([N+](=O)[O-])ccc1Cl. The van der Waals surface area contributed by atoms with Gasteiger partial charge in [0.25, 0.3) is 5.69 Å². The topological polar surface area (TPSA) is 148 Å². The number of benzene rings is 1. The van der Waals surface area contributed by atoms with E-state index in [1.165, 1.54) is 6.07 Å². The lowest BCUT2D eigenvalue weighted by molar-refractivity contribution is -0.384. The van der Waals surface area contributed by atoms with Gasteiger partial charge in [0.1, 0.15) is 22.0 Å². The number of carbonyl (C=O) groups is 3. The standard InChI is InChI=1S/C16H13ClN2O8S/c1-25-15(21)11-9(12(16(22)26-2)28-13(11)18)6-27-14(20)8-5-7(19(23)24)3-4-10(8)17/h3-5H,6,18H2,1-2H3. The number of rotatable bonds is 6. The van der Waals surface area contributed by atoms with E-state index in [-0.39, 0.29) is 37.3 Å². The Morgan fingerprint density at radius 2 is 1.82 bits per heavy atom. The summed E-state index contributed by atoms with van der Waals surface area (Å²) in [5.74, 6) is -2.61. The third-order valence-electron chi connectivity index (χ3n) is 3.52. The van der Waals surface area contributed by atoms with Crippen molar-refractivity contribution in [3.63, 3.8) is 0 Å². The van der Waals surface area contributed by atoms with Crippen molar-refractivity contribution >= 4 is 51.5 Å². The number of nitro benzene ring substituents is 1. The number of esters is 3. The second-order valence-corrected chi connectivity index (χ2v) is 6.59. The summed E-state index contributed by atoms with van der Waals surface area (Å²) in [6, 6.07) is 3.26. The first-order valence-corrected chi connectivity index (χ1v) is 8.59. The van der Waals surface area contributed by atoms with Crippen molar-refractivity contribution < 1.29 is 33.5 Å². The molecule has 2 N–H and O–H groups in total. The molecule has 1 aromatic heterocycles. The maximum atomic E-state index is 12.3. The van der Waals surface area contributed by atoms with E-state index in [0.717, 1.165) is 37.7 Å². The van der Waals surface area contributed by atoms with Gasteiger partial charge < -0.3 is 19.9 Å². The van der Waals surface area contributed by atoms with Crippen LogP contribution in [0.15, 0.2) is 18.2 Å². The highest BCUT2D eigenvalue weighted by Gasteiger charge is 2.28. The highest BCUT2D eigenvalue weighted by atomic mass is 35.5. The van der Waals surface area contributed by atoms with Crippen LogP contribution >= 0.6 is 22.9 Å². The number of nitrogens with zero attached hydrogens (tertiary/aromatic N) is 1. The Labute approximate surface area is 166 Å². The molecule has 0 amide bonds. The number of nitro groups is 1. The number of methoxy groups -OCH3 is 2. The molecule has 1 aromatic carbocycles. The van der Waals surface area contributed by atoms with E-state index >= 15 is 0 Å². The Morgan fingerprint density at radius 3 is 2.39 bits per heavy atom. The van der Waals surface area contributed by atoms with E-state index in [4.69, 9.17) is 22.1 Å². The molecule has 0 atom stereocenters. The van der Waals surface area contributed by atoms with Crippen molar-refractivity contribution in [2.24, 2.45) is 0 Å². The fourth-order valence-corrected chi connectivity index (χ4v) is 3.38. The van der Waals surface area contributed by atoms with E-state index < -0.39 is 29.4 Å². The Bertz CT molecular complexity index is 972. The van der Waals surface area contributed by atoms with Gasteiger partial charge in [0.05, 0.1) is 29.7 Å². The van der Waals surface area contributed by atoms with Crippen LogP contribution in [0.5, 0.6) is 0 Å². The largest absolute Gasteiger partial charge is 0.465 e. The monoisotopic (exact) mass is 428 g/mol. The molecule has 0 spiro atoms. The van der Waals surface area contributed by atoms with Crippen molar-refractivity contribution in [2.75, 3.05) is 20.0 Å². The summed E-state index contributed by atoms with van der Waals surface area (Å²) < 4.78 is 14.4. The normalized spacial score (nSPS) is 10.2. The van der Waals surface area contributed by atoms with Gasteiger partial charge in [-0.05, 0) is 6.07 Å². The van der Waals surface area contributed by atoms with Gasteiger partial charge in [-0.3, -0.25) is 10.1 Å². The molecule has 0 fully saturated rings. The summed E-state index contributed by atoms with van der Waals surface area (Å²) in [5.41, 5.74) is 5.03. The van der Waals surface area contributed by atoms with E-state index in [1.54, 1.807) is 0 Å². The average Bonchev–Trinajstić information content (AvgIpc) is 3.01. The highest BCUT2D eigenvalue weighted by molar-refractivity contribution is 7.18. The van der Waals surface area contributed by atoms with Gasteiger partial charge in [-0.15, -0.1) is 11.3 Å². The van der Waals surface area contributed by atoms with Crippen LogP contribution in [0.2, 0.25) is 5.02 Å². The smallest absolute Gasteiger partial charge is 0.348 e. The average molecular weight is 429 g/mol. The summed E-state index contributed by atoms with van der Waals surface area (Å²) in [7, 11) is 2.25. The van der Waals surface area contributed by atoms with Crippen LogP contribution in [0.1, 0.15) is 36.0 Å². The van der Waals surface area contributed by atoms with E-state index in [2.05, 4.69) is 9.47 Å². The van der Waals surface area contributed by atoms with Crippen LogP contribution in [0.4, 0.5) is 10.7 Å². The van der Waals surface area contributed by atoms with E-state index in [9.17, 15) is 24.5 Å². The van der Waals surface area contributed by atoms with E-state index in [0.29, 0.717) is 0 Å². The molecule has 0 saturated heterocycles. The quantitative estimate of drug-likeness (QED) is 0.317. The number of hydrogen-bond donors (Lipinski definition) is 1. The molecule has 2 aromatic rings. The minimum Gasteiger partial charge on any atom is -0.465 e. The number of nitrogens with two attached hydrogens (primary N) is 1. The highest BCUT2D eigenvalue weighted by Crippen LogP contribution is 2.33. The zero-order valence-corrected chi connectivity index (χ0v) is 16.1. The van der Waals surface area contributed by atoms with Crippen LogP contribution in [0.25, 0.3) is 0 Å². The molecule has 0 unspecified atom stereocenters. The van der Waals surface area contributed by atoms with Crippen molar-refractivity contribution in [3.05, 3.63) is 54.9 Å².